The van der Waals surface area contributed by atoms with Gasteiger partial charge in [0.05, 0.1) is 31.0 Å². The van der Waals surface area contributed by atoms with Crippen molar-refractivity contribution in [1.82, 2.24) is 19.6 Å². The Balaban J connectivity index is 1.56. The second kappa shape index (κ2) is 12.5. The lowest BCUT2D eigenvalue weighted by Crippen LogP contribution is -2.50. The lowest BCUT2D eigenvalue weighted by Gasteiger charge is -2.27. The molecule has 0 atom stereocenters. The molecular weight excluding hydrogens is 574 g/mol. The van der Waals surface area contributed by atoms with Gasteiger partial charge in [-0.05, 0) is 76.1 Å². The quantitative estimate of drug-likeness (QED) is 0.296. The Morgan fingerprint density at radius 3 is 2.50 bits per heavy atom. The van der Waals surface area contributed by atoms with Crippen LogP contribution in [-0.2, 0) is 39.6 Å². The fourth-order valence-electron chi connectivity index (χ4n) is 4.72. The van der Waals surface area contributed by atoms with Crippen LogP contribution in [0.15, 0.2) is 42.6 Å². The molecular formula is C30H39N5O5S2. The third-order valence-electron chi connectivity index (χ3n) is 7.50. The molecule has 0 bridgehead atoms. The van der Waals surface area contributed by atoms with Gasteiger partial charge in [0, 0.05) is 11.4 Å². The maximum atomic E-state index is 14.1. The van der Waals surface area contributed by atoms with Gasteiger partial charge in [-0.15, -0.1) is 11.3 Å². The summed E-state index contributed by atoms with van der Waals surface area (Å²) in [5.74, 6) is -0.255. The van der Waals surface area contributed by atoms with Crippen molar-refractivity contribution < 1.29 is 22.7 Å². The predicted molar refractivity (Wildman–Crippen MR) is 163 cm³/mol. The van der Waals surface area contributed by atoms with Gasteiger partial charge in [-0.2, -0.15) is 0 Å². The fourth-order valence-corrected chi connectivity index (χ4v) is 6.27. The van der Waals surface area contributed by atoms with Gasteiger partial charge in [0.2, 0.25) is 5.91 Å². The van der Waals surface area contributed by atoms with E-state index in [4.69, 9.17) is 10.5 Å². The van der Waals surface area contributed by atoms with E-state index in [1.165, 1.54) is 36.3 Å². The monoisotopic (exact) mass is 613 g/mol. The summed E-state index contributed by atoms with van der Waals surface area (Å²) in [5.41, 5.74) is 8.21. The van der Waals surface area contributed by atoms with Gasteiger partial charge in [-0.3, -0.25) is 14.6 Å². The Hall–Kier alpha value is -3.35. The lowest BCUT2D eigenvalue weighted by molar-refractivity contribution is -0.134. The minimum atomic E-state index is -4.12. The van der Waals surface area contributed by atoms with Gasteiger partial charge in [-0.25, -0.2) is 18.1 Å². The molecule has 12 heteroatoms. The molecule has 0 spiro atoms. The number of nitrogens with one attached hydrogen (secondary N) is 1. The highest BCUT2D eigenvalue weighted by Crippen LogP contribution is 2.49. The first-order chi connectivity index (χ1) is 19.8. The van der Waals surface area contributed by atoms with Crippen LogP contribution in [0.5, 0.6) is 5.75 Å². The number of carbonyl (C=O) groups is 2. The lowest BCUT2D eigenvalue weighted by atomic mass is 9.99. The molecule has 1 fully saturated rings. The molecule has 10 nitrogen and oxygen atoms in total. The minimum absolute atomic E-state index is 0.00422. The molecule has 2 aromatic heterocycles. The number of hydrogen-bond acceptors (Lipinski definition) is 9. The van der Waals surface area contributed by atoms with E-state index in [2.05, 4.69) is 41.2 Å². The average Bonchev–Trinajstić information content (AvgIpc) is 3.68. The van der Waals surface area contributed by atoms with Crippen molar-refractivity contribution in [3.05, 3.63) is 75.0 Å². The van der Waals surface area contributed by atoms with Crippen molar-refractivity contribution in [3.8, 4) is 5.75 Å². The van der Waals surface area contributed by atoms with E-state index in [-0.39, 0.29) is 18.1 Å². The molecule has 0 unspecified atom stereocenters. The third-order valence-corrected chi connectivity index (χ3v) is 10.3. The number of amides is 2. The van der Waals surface area contributed by atoms with Crippen molar-refractivity contribution in [2.45, 2.75) is 76.6 Å². The molecule has 1 aliphatic carbocycles. The van der Waals surface area contributed by atoms with Gasteiger partial charge in [0.15, 0.2) is 0 Å². The Labute approximate surface area is 251 Å². The van der Waals surface area contributed by atoms with E-state index in [0.29, 0.717) is 40.7 Å². The highest BCUT2D eigenvalue weighted by atomic mass is 32.2. The van der Waals surface area contributed by atoms with Gasteiger partial charge in [0.25, 0.3) is 15.9 Å². The number of hydrogen-bond donors (Lipinski definition) is 2. The van der Waals surface area contributed by atoms with Gasteiger partial charge in [-0.1, -0.05) is 31.2 Å². The Morgan fingerprint density at radius 1 is 1.19 bits per heavy atom. The Bertz CT molecular complexity index is 1540. The highest BCUT2D eigenvalue weighted by molar-refractivity contribution is 7.91. The number of aromatic nitrogens is 2. The maximum Gasteiger partial charge on any atom is 0.284 e. The Morgan fingerprint density at radius 2 is 1.90 bits per heavy atom. The molecule has 42 heavy (non-hydrogen) atoms. The van der Waals surface area contributed by atoms with Crippen LogP contribution in [0, 0.1) is 6.92 Å². The maximum absolute atomic E-state index is 14.1. The molecule has 4 rings (SSSR count). The summed E-state index contributed by atoms with van der Waals surface area (Å²) in [5, 5.41) is 0.543. The number of rotatable bonds is 13. The van der Waals surface area contributed by atoms with Crippen molar-refractivity contribution in [1.29, 1.82) is 0 Å². The van der Waals surface area contributed by atoms with Crippen molar-refractivity contribution in [3.63, 3.8) is 0 Å². The molecule has 0 aliphatic heterocycles. The van der Waals surface area contributed by atoms with Crippen molar-refractivity contribution in [2.24, 2.45) is 5.73 Å². The largest absolute Gasteiger partial charge is 0.495 e. The van der Waals surface area contributed by atoms with Crippen molar-refractivity contribution >= 4 is 33.2 Å². The summed E-state index contributed by atoms with van der Waals surface area (Å²) in [6.45, 7) is 7.11. The van der Waals surface area contributed by atoms with E-state index >= 15 is 0 Å². The summed E-state index contributed by atoms with van der Waals surface area (Å²) in [6.07, 6.45) is 5.52. The number of nitrogens with two attached hydrogens (primary N) is 1. The number of aryl methyl sites for hydroxylation is 3. The first-order valence-electron chi connectivity index (χ1n) is 14.0. The van der Waals surface area contributed by atoms with E-state index in [1.807, 2.05) is 16.9 Å². The number of methoxy groups -OCH3 is 1. The summed E-state index contributed by atoms with van der Waals surface area (Å²) >= 11 is 1.26. The van der Waals surface area contributed by atoms with E-state index in [1.54, 1.807) is 25.1 Å². The number of carbonyl (C=O) groups excluding carboxylic acids is 2. The molecule has 1 aromatic carbocycles. The minimum Gasteiger partial charge on any atom is -0.495 e. The number of benzene rings is 1. The second-order valence-corrected chi connectivity index (χ2v) is 14.8. The molecule has 3 aromatic rings. The predicted octanol–water partition coefficient (Wildman–Crippen LogP) is 3.87. The summed E-state index contributed by atoms with van der Waals surface area (Å²) in [7, 11) is -2.54. The fraction of sp³-hybridized carbons (Fsp3) is 0.467. The third kappa shape index (κ3) is 6.99. The number of ether oxygens (including phenoxy) is 1. The zero-order valence-corrected chi connectivity index (χ0v) is 26.4. The molecule has 3 N–H and O–H groups in total. The van der Waals surface area contributed by atoms with Gasteiger partial charge >= 0.3 is 0 Å². The number of thiazole rings is 1. The molecule has 2 amide bonds. The average molecular weight is 614 g/mol. The molecule has 1 aliphatic rings. The van der Waals surface area contributed by atoms with E-state index in [9.17, 15) is 18.0 Å². The SMILES string of the molecule is CCc1cccc(CCCN(Cc2nc(C(=O)NS(=O)(=O)C(C)(C)N)c(C)s2)C(=O)C2(c3ccc(OC)cn3)CC2)c1. The van der Waals surface area contributed by atoms with Gasteiger partial charge < -0.3 is 15.4 Å². The number of nitrogens with zero attached hydrogens (tertiary/aromatic N) is 3. The molecule has 1 saturated carbocycles. The molecule has 0 radical (unpaired) electrons. The first-order valence-corrected chi connectivity index (χ1v) is 16.3. The smallest absolute Gasteiger partial charge is 0.284 e. The molecule has 0 saturated heterocycles. The summed E-state index contributed by atoms with van der Waals surface area (Å²) in [6, 6.07) is 12.1. The van der Waals surface area contributed by atoms with Crippen LogP contribution >= 0.6 is 11.3 Å². The van der Waals surface area contributed by atoms with Crippen molar-refractivity contribution in [2.75, 3.05) is 13.7 Å². The van der Waals surface area contributed by atoms with Crippen LogP contribution < -0.4 is 15.2 Å². The van der Waals surface area contributed by atoms with E-state index < -0.39 is 26.2 Å². The van der Waals surface area contributed by atoms with Crippen LogP contribution in [0.4, 0.5) is 0 Å². The standard InChI is InChI=1S/C30H39N5O5S2/c1-6-21-9-7-10-22(17-21)11-8-16-35(28(37)30(14-15-30)24-13-12-23(40-5)18-32-24)19-25-33-26(20(2)41-25)27(36)34-42(38,39)29(3,4)31/h7,9-10,12-13,17-18H,6,8,11,14-16,19,31H2,1-5H3,(H,34,36). The highest BCUT2D eigenvalue weighted by Gasteiger charge is 2.54. The molecule has 2 heterocycles. The van der Waals surface area contributed by atoms with Crippen LogP contribution in [0.25, 0.3) is 0 Å². The Kier molecular flexibility index (Phi) is 9.39. The second-order valence-electron chi connectivity index (χ2n) is 11.2. The topological polar surface area (TPSA) is 145 Å². The zero-order valence-electron chi connectivity index (χ0n) is 24.8. The van der Waals surface area contributed by atoms with Gasteiger partial charge in [0.1, 0.15) is 21.3 Å². The first kappa shape index (κ1) is 31.6. The van der Waals surface area contributed by atoms with Crippen LogP contribution in [-0.4, -0.2) is 53.6 Å². The van der Waals surface area contributed by atoms with Crippen LogP contribution in [0.1, 0.15) is 77.2 Å². The molecule has 226 valence electrons. The summed E-state index contributed by atoms with van der Waals surface area (Å²) < 4.78 is 32.1. The number of pyridine rings is 1. The van der Waals surface area contributed by atoms with E-state index in [0.717, 1.165) is 19.3 Å². The van der Waals surface area contributed by atoms with Crippen LogP contribution in [0.3, 0.4) is 0 Å². The summed E-state index contributed by atoms with van der Waals surface area (Å²) in [4.78, 5) is 36.6. The number of sulfonamides is 1. The zero-order chi connectivity index (χ0) is 30.7. The normalized spacial score (nSPS) is 14.3. The van der Waals surface area contributed by atoms with Crippen LogP contribution in [0.2, 0.25) is 0 Å².